The van der Waals surface area contributed by atoms with E-state index in [4.69, 9.17) is 10.7 Å². The summed E-state index contributed by atoms with van der Waals surface area (Å²) in [6.07, 6.45) is 5.75. The molecule has 3 aromatic rings. The average Bonchev–Trinajstić information content (AvgIpc) is 2.61. The minimum absolute atomic E-state index is 0. The van der Waals surface area contributed by atoms with E-state index in [9.17, 15) is 0 Å². The van der Waals surface area contributed by atoms with Crippen LogP contribution in [0, 0.1) is 0 Å². The number of aromatic nitrogens is 3. The summed E-state index contributed by atoms with van der Waals surface area (Å²) in [4.78, 5) is 13.2. The first kappa shape index (κ1) is 18.9. The molecule has 0 aliphatic rings. The third kappa shape index (κ3) is 5.03. The van der Waals surface area contributed by atoms with Crippen molar-refractivity contribution < 1.29 is 0 Å². The molecule has 0 fully saturated rings. The van der Waals surface area contributed by atoms with E-state index in [2.05, 4.69) is 40.4 Å². The van der Waals surface area contributed by atoms with Crippen LogP contribution in [0.2, 0.25) is 0 Å². The molecule has 0 aliphatic carbocycles. The summed E-state index contributed by atoms with van der Waals surface area (Å²) in [6, 6.07) is 12.4. The number of hydrogen-bond donors (Lipinski definition) is 2. The van der Waals surface area contributed by atoms with Crippen molar-refractivity contribution >= 4 is 35.1 Å². The third-order valence-corrected chi connectivity index (χ3v) is 4.01. The molecular weight excluding hydrogens is 334 g/mol. The molecule has 0 aliphatic heterocycles. The van der Waals surface area contributed by atoms with E-state index in [1.807, 2.05) is 24.4 Å². The van der Waals surface area contributed by atoms with Crippen LogP contribution in [-0.2, 0) is 12.8 Å². The van der Waals surface area contributed by atoms with E-state index in [1.165, 1.54) is 5.39 Å². The lowest BCUT2D eigenvalue weighted by Gasteiger charge is -2.11. The SMILES string of the molecule is CCCCNc1nc(N)ncc1CCc1ccc2ccccc2n1.Cl. The number of nitrogens with one attached hydrogen (secondary N) is 1. The van der Waals surface area contributed by atoms with Gasteiger partial charge in [0.1, 0.15) is 5.82 Å². The minimum atomic E-state index is 0. The molecular formula is C19H24ClN5. The molecule has 0 bridgehead atoms. The Hall–Kier alpha value is -2.40. The zero-order chi connectivity index (χ0) is 16.8. The van der Waals surface area contributed by atoms with Gasteiger partial charge in [-0.25, -0.2) is 4.98 Å². The molecule has 0 saturated heterocycles. The molecule has 0 atom stereocenters. The number of aryl methyl sites for hydroxylation is 2. The van der Waals surface area contributed by atoms with Gasteiger partial charge in [-0.2, -0.15) is 4.98 Å². The van der Waals surface area contributed by atoms with Crippen LogP contribution in [0.5, 0.6) is 0 Å². The van der Waals surface area contributed by atoms with E-state index in [0.29, 0.717) is 5.95 Å². The number of pyridine rings is 1. The smallest absolute Gasteiger partial charge is 0.221 e. The fourth-order valence-electron chi connectivity index (χ4n) is 2.65. The second-order valence-electron chi connectivity index (χ2n) is 5.88. The van der Waals surface area contributed by atoms with Crippen molar-refractivity contribution in [2.75, 3.05) is 17.6 Å². The lowest BCUT2D eigenvalue weighted by atomic mass is 10.1. The van der Waals surface area contributed by atoms with Crippen LogP contribution in [0.1, 0.15) is 31.0 Å². The van der Waals surface area contributed by atoms with Gasteiger partial charge in [0.2, 0.25) is 5.95 Å². The fraction of sp³-hybridized carbons (Fsp3) is 0.316. The highest BCUT2D eigenvalue weighted by Crippen LogP contribution is 2.17. The Labute approximate surface area is 154 Å². The van der Waals surface area contributed by atoms with Gasteiger partial charge in [0.25, 0.3) is 0 Å². The molecule has 0 radical (unpaired) electrons. The Morgan fingerprint density at radius 1 is 1.04 bits per heavy atom. The first-order chi connectivity index (χ1) is 11.8. The van der Waals surface area contributed by atoms with E-state index in [0.717, 1.165) is 54.8 Å². The summed E-state index contributed by atoms with van der Waals surface area (Å²) < 4.78 is 0. The number of anilines is 2. The fourth-order valence-corrected chi connectivity index (χ4v) is 2.65. The number of nitrogens with two attached hydrogens (primary N) is 1. The Morgan fingerprint density at radius 3 is 2.72 bits per heavy atom. The van der Waals surface area contributed by atoms with Gasteiger partial charge in [-0.3, -0.25) is 4.98 Å². The molecule has 0 amide bonds. The Morgan fingerprint density at radius 2 is 1.88 bits per heavy atom. The summed E-state index contributed by atoms with van der Waals surface area (Å²) in [6.45, 7) is 3.07. The van der Waals surface area contributed by atoms with Gasteiger partial charge in [-0.15, -0.1) is 12.4 Å². The van der Waals surface area contributed by atoms with Crippen molar-refractivity contribution in [2.45, 2.75) is 32.6 Å². The van der Waals surface area contributed by atoms with E-state index < -0.39 is 0 Å². The highest BCUT2D eigenvalue weighted by Gasteiger charge is 2.07. The minimum Gasteiger partial charge on any atom is -0.370 e. The largest absolute Gasteiger partial charge is 0.370 e. The first-order valence-electron chi connectivity index (χ1n) is 8.46. The molecule has 2 heterocycles. The number of hydrogen-bond acceptors (Lipinski definition) is 5. The van der Waals surface area contributed by atoms with Crippen molar-refractivity contribution in [3.63, 3.8) is 0 Å². The van der Waals surface area contributed by atoms with Crippen LogP contribution in [0.3, 0.4) is 0 Å². The third-order valence-electron chi connectivity index (χ3n) is 4.01. The quantitative estimate of drug-likeness (QED) is 0.624. The molecule has 25 heavy (non-hydrogen) atoms. The number of rotatable bonds is 7. The number of nitrogen functional groups attached to an aromatic ring is 1. The van der Waals surface area contributed by atoms with Gasteiger partial charge in [-0.1, -0.05) is 37.6 Å². The van der Waals surface area contributed by atoms with Crippen LogP contribution in [0.4, 0.5) is 11.8 Å². The zero-order valence-electron chi connectivity index (χ0n) is 14.4. The molecule has 3 rings (SSSR count). The van der Waals surface area contributed by atoms with Crippen molar-refractivity contribution in [1.29, 1.82) is 0 Å². The Balaban J connectivity index is 0.00000225. The lowest BCUT2D eigenvalue weighted by Crippen LogP contribution is -2.09. The number of benzene rings is 1. The normalized spacial score (nSPS) is 10.4. The van der Waals surface area contributed by atoms with Crippen LogP contribution in [0.25, 0.3) is 10.9 Å². The second kappa shape index (κ2) is 9.18. The molecule has 1 aromatic carbocycles. The van der Waals surface area contributed by atoms with Crippen molar-refractivity contribution in [3.05, 3.63) is 53.9 Å². The van der Waals surface area contributed by atoms with Crippen LogP contribution >= 0.6 is 12.4 Å². The molecule has 6 heteroatoms. The topological polar surface area (TPSA) is 76.7 Å². The summed E-state index contributed by atoms with van der Waals surface area (Å²) in [5, 5.41) is 4.54. The van der Waals surface area contributed by atoms with Gasteiger partial charge >= 0.3 is 0 Å². The summed E-state index contributed by atoms with van der Waals surface area (Å²) in [5.74, 6) is 1.15. The number of para-hydroxylation sites is 1. The Bertz CT molecular complexity index is 822. The van der Waals surface area contributed by atoms with Gasteiger partial charge in [-0.05, 0) is 31.4 Å². The maximum atomic E-state index is 5.73. The van der Waals surface area contributed by atoms with E-state index >= 15 is 0 Å². The number of fused-ring (bicyclic) bond motifs is 1. The number of halogens is 1. The van der Waals surface area contributed by atoms with Crippen molar-refractivity contribution in [2.24, 2.45) is 0 Å². The summed E-state index contributed by atoms with van der Waals surface area (Å²) >= 11 is 0. The van der Waals surface area contributed by atoms with Crippen LogP contribution in [0.15, 0.2) is 42.6 Å². The molecule has 0 spiro atoms. The molecule has 2 aromatic heterocycles. The zero-order valence-corrected chi connectivity index (χ0v) is 15.2. The Kier molecular flexibility index (Phi) is 6.95. The molecule has 5 nitrogen and oxygen atoms in total. The van der Waals surface area contributed by atoms with Crippen molar-refractivity contribution in [1.82, 2.24) is 15.0 Å². The molecule has 0 saturated carbocycles. The standard InChI is InChI=1S/C19H23N5.ClH/c1-2-3-12-21-18-15(13-22-19(20)24-18)9-11-16-10-8-14-6-4-5-7-17(14)23-16;/h4-8,10,13H,2-3,9,11-12H2,1H3,(H3,20,21,22,24);1H. The molecule has 0 unspecified atom stereocenters. The van der Waals surface area contributed by atoms with Crippen molar-refractivity contribution in [3.8, 4) is 0 Å². The van der Waals surface area contributed by atoms with Crippen LogP contribution < -0.4 is 11.1 Å². The van der Waals surface area contributed by atoms with Gasteiger partial charge in [0, 0.05) is 29.4 Å². The van der Waals surface area contributed by atoms with Gasteiger partial charge in [0.15, 0.2) is 0 Å². The average molecular weight is 358 g/mol. The summed E-state index contributed by atoms with van der Waals surface area (Å²) in [5.41, 5.74) is 8.91. The predicted molar refractivity (Wildman–Crippen MR) is 106 cm³/mol. The van der Waals surface area contributed by atoms with Gasteiger partial charge in [0.05, 0.1) is 5.52 Å². The lowest BCUT2D eigenvalue weighted by molar-refractivity contribution is 0.824. The summed E-state index contributed by atoms with van der Waals surface area (Å²) in [7, 11) is 0. The molecule has 132 valence electrons. The van der Waals surface area contributed by atoms with E-state index in [1.54, 1.807) is 0 Å². The maximum Gasteiger partial charge on any atom is 0.221 e. The molecule has 3 N–H and O–H groups in total. The highest BCUT2D eigenvalue weighted by atomic mass is 35.5. The van der Waals surface area contributed by atoms with Gasteiger partial charge < -0.3 is 11.1 Å². The van der Waals surface area contributed by atoms with E-state index in [-0.39, 0.29) is 12.4 Å². The predicted octanol–water partition coefficient (Wildman–Crippen LogP) is 4.03. The maximum absolute atomic E-state index is 5.73. The highest BCUT2D eigenvalue weighted by molar-refractivity contribution is 5.85. The first-order valence-corrected chi connectivity index (χ1v) is 8.46. The number of nitrogens with zero attached hydrogens (tertiary/aromatic N) is 3. The number of unbranched alkanes of at least 4 members (excludes halogenated alkanes) is 1. The van der Waals surface area contributed by atoms with Crippen LogP contribution in [-0.4, -0.2) is 21.5 Å². The monoisotopic (exact) mass is 357 g/mol. The second-order valence-corrected chi connectivity index (χ2v) is 5.88.